The first-order valence-corrected chi connectivity index (χ1v) is 11.0. The van der Waals surface area contributed by atoms with Crippen molar-refractivity contribution in [1.82, 2.24) is 4.98 Å². The number of aromatic amines is 1. The van der Waals surface area contributed by atoms with Gasteiger partial charge in [-0.3, -0.25) is 9.79 Å². The van der Waals surface area contributed by atoms with Gasteiger partial charge in [-0.25, -0.2) is 0 Å². The number of aromatic nitrogens is 1. The Labute approximate surface area is 184 Å². The molecule has 0 fully saturated rings. The van der Waals surface area contributed by atoms with Gasteiger partial charge in [0, 0.05) is 10.9 Å². The van der Waals surface area contributed by atoms with Crippen LogP contribution in [-0.4, -0.2) is 27.8 Å². The number of aliphatic imine (C=N–C) groups is 1. The molecule has 5 nitrogen and oxygen atoms in total. The fraction of sp³-hybridized carbons (Fsp3) is 0.385. The predicted molar refractivity (Wildman–Crippen MR) is 128 cm³/mol. The lowest BCUT2D eigenvalue weighted by Crippen LogP contribution is -2.34. The molecule has 0 saturated heterocycles. The van der Waals surface area contributed by atoms with Crippen molar-refractivity contribution in [3.05, 3.63) is 70.9 Å². The van der Waals surface area contributed by atoms with E-state index in [4.69, 9.17) is 15.8 Å². The van der Waals surface area contributed by atoms with Gasteiger partial charge in [0.2, 0.25) is 0 Å². The number of carboxylic acids is 1. The summed E-state index contributed by atoms with van der Waals surface area (Å²) in [6.07, 6.45) is 3.40. The number of fused-ring (bicyclic) bond motifs is 3. The number of benzene rings is 2. The Bertz CT molecular complexity index is 1070. The normalized spacial score (nSPS) is 16.5. The van der Waals surface area contributed by atoms with Crippen molar-refractivity contribution >= 4 is 22.6 Å². The Balaban J connectivity index is 0.000000293. The number of H-pyrrole nitrogens is 1. The Hall–Kier alpha value is -2.92. The molecule has 164 valence electrons. The molecule has 4 rings (SSSR count). The monoisotopic (exact) mass is 419 g/mol. The zero-order valence-electron chi connectivity index (χ0n) is 18.9. The minimum atomic E-state index is -0.931. The number of nitrogens with two attached hydrogens (primary N) is 1. The quantitative estimate of drug-likeness (QED) is 0.527. The van der Waals surface area contributed by atoms with Crippen LogP contribution in [0.4, 0.5) is 0 Å². The van der Waals surface area contributed by atoms with E-state index < -0.39 is 12.0 Å². The molecule has 0 amide bonds. The summed E-state index contributed by atoms with van der Waals surface area (Å²) in [6, 6.07) is 16.7. The van der Waals surface area contributed by atoms with E-state index in [0.29, 0.717) is 0 Å². The van der Waals surface area contributed by atoms with Gasteiger partial charge >= 0.3 is 5.97 Å². The summed E-state index contributed by atoms with van der Waals surface area (Å²) < 4.78 is 0. The number of nitrogens with one attached hydrogen (secondary N) is 1. The van der Waals surface area contributed by atoms with Crippen LogP contribution in [0.5, 0.6) is 0 Å². The highest BCUT2D eigenvalue weighted by atomic mass is 16.4. The zero-order valence-corrected chi connectivity index (χ0v) is 18.9. The van der Waals surface area contributed by atoms with Crippen molar-refractivity contribution in [1.29, 1.82) is 0 Å². The van der Waals surface area contributed by atoms with Crippen molar-refractivity contribution in [2.75, 3.05) is 0 Å². The molecule has 1 aliphatic carbocycles. The van der Waals surface area contributed by atoms with E-state index in [0.717, 1.165) is 12.8 Å². The van der Waals surface area contributed by atoms with Crippen LogP contribution in [0.1, 0.15) is 62.0 Å². The third-order valence-electron chi connectivity index (χ3n) is 5.83. The maximum Gasteiger partial charge on any atom is 0.320 e. The number of nitrogens with zero attached hydrogens (tertiary/aromatic N) is 1. The third-order valence-corrected chi connectivity index (χ3v) is 5.83. The van der Waals surface area contributed by atoms with Gasteiger partial charge in [-0.1, -0.05) is 55.8 Å². The number of aliphatic carboxylic acids is 1. The Morgan fingerprint density at radius 3 is 2.42 bits per heavy atom. The second-order valence-electron chi connectivity index (χ2n) is 8.65. The maximum atomic E-state index is 10.0. The summed E-state index contributed by atoms with van der Waals surface area (Å²) in [7, 11) is 0. The molecular formula is C26H33N3O2. The fourth-order valence-electron chi connectivity index (χ4n) is 3.88. The van der Waals surface area contributed by atoms with Crippen LogP contribution in [-0.2, 0) is 11.2 Å². The lowest BCUT2D eigenvalue weighted by Gasteiger charge is -2.17. The number of hydrogen-bond acceptors (Lipinski definition) is 3. The molecule has 31 heavy (non-hydrogen) atoms. The maximum absolute atomic E-state index is 10.0. The van der Waals surface area contributed by atoms with Gasteiger partial charge < -0.3 is 15.8 Å². The second kappa shape index (κ2) is 9.92. The fourth-order valence-corrected chi connectivity index (χ4v) is 3.88. The standard InChI is InChI=1S/C21H22N2.C5H11NO2/c1-14-11-12-19-18(13-14)17-9-6-10-20(21(17)23-19)22-15(2)16-7-4-3-5-8-16;1-3(2)4(6)5(7)8/h3-5,7-8,11-13,15,23H,6,9-10H2,1-2H3;3-4H,6H2,1-2H3,(H,7,8)/b22-20+;/t15-;4-/m00/s1. The van der Waals surface area contributed by atoms with E-state index in [9.17, 15) is 4.79 Å². The van der Waals surface area contributed by atoms with Crippen molar-refractivity contribution < 1.29 is 9.90 Å². The molecule has 0 unspecified atom stereocenters. The Morgan fingerprint density at radius 1 is 1.10 bits per heavy atom. The molecule has 0 aliphatic heterocycles. The van der Waals surface area contributed by atoms with Crippen LogP contribution < -0.4 is 5.73 Å². The predicted octanol–water partition coefficient (Wildman–Crippen LogP) is 5.42. The van der Waals surface area contributed by atoms with E-state index in [-0.39, 0.29) is 12.0 Å². The first-order valence-electron chi connectivity index (χ1n) is 11.0. The van der Waals surface area contributed by atoms with Crippen LogP contribution in [0, 0.1) is 12.8 Å². The van der Waals surface area contributed by atoms with Crippen molar-refractivity contribution in [3.8, 4) is 0 Å². The van der Waals surface area contributed by atoms with Crippen molar-refractivity contribution in [2.45, 2.75) is 59.0 Å². The van der Waals surface area contributed by atoms with Crippen LogP contribution in [0.2, 0.25) is 0 Å². The molecule has 0 spiro atoms. The Morgan fingerprint density at radius 2 is 1.81 bits per heavy atom. The molecule has 4 N–H and O–H groups in total. The van der Waals surface area contributed by atoms with Crippen molar-refractivity contribution in [2.24, 2.45) is 16.6 Å². The van der Waals surface area contributed by atoms with Gasteiger partial charge in [-0.15, -0.1) is 0 Å². The smallest absolute Gasteiger partial charge is 0.320 e. The minimum Gasteiger partial charge on any atom is -0.480 e. The molecular weight excluding hydrogens is 386 g/mol. The lowest BCUT2D eigenvalue weighted by molar-refractivity contribution is -0.139. The van der Waals surface area contributed by atoms with E-state index >= 15 is 0 Å². The lowest BCUT2D eigenvalue weighted by atomic mass is 9.93. The zero-order chi connectivity index (χ0) is 22.5. The largest absolute Gasteiger partial charge is 0.480 e. The molecule has 2 aromatic carbocycles. The third kappa shape index (κ3) is 5.42. The van der Waals surface area contributed by atoms with Crippen LogP contribution >= 0.6 is 0 Å². The number of rotatable bonds is 4. The van der Waals surface area contributed by atoms with Gasteiger partial charge in [0.25, 0.3) is 0 Å². The summed E-state index contributed by atoms with van der Waals surface area (Å²) in [4.78, 5) is 18.7. The van der Waals surface area contributed by atoms with Gasteiger partial charge in [0.05, 0.1) is 17.4 Å². The highest BCUT2D eigenvalue weighted by Crippen LogP contribution is 2.31. The Kier molecular flexibility index (Phi) is 7.29. The highest BCUT2D eigenvalue weighted by Gasteiger charge is 2.21. The number of hydrogen-bond donors (Lipinski definition) is 3. The van der Waals surface area contributed by atoms with E-state index in [1.165, 1.54) is 45.4 Å². The topological polar surface area (TPSA) is 91.5 Å². The number of carboxylic acid groups (broad SMARTS) is 1. The molecule has 1 aliphatic rings. The number of aryl methyl sites for hydroxylation is 2. The van der Waals surface area contributed by atoms with Crippen molar-refractivity contribution in [3.63, 3.8) is 0 Å². The minimum absolute atomic E-state index is 0.0208. The average molecular weight is 420 g/mol. The van der Waals surface area contributed by atoms with E-state index in [1.807, 2.05) is 0 Å². The first-order chi connectivity index (χ1) is 14.8. The van der Waals surface area contributed by atoms with Gasteiger partial charge in [-0.2, -0.15) is 0 Å². The van der Waals surface area contributed by atoms with Crippen LogP contribution in [0.3, 0.4) is 0 Å². The molecule has 1 aromatic heterocycles. The van der Waals surface area contributed by atoms with Crippen LogP contribution in [0.15, 0.2) is 53.5 Å². The van der Waals surface area contributed by atoms with Gasteiger partial charge in [0.15, 0.2) is 0 Å². The van der Waals surface area contributed by atoms with E-state index in [2.05, 4.69) is 67.4 Å². The first kappa shape index (κ1) is 22.8. The van der Waals surface area contributed by atoms with E-state index in [1.54, 1.807) is 13.8 Å². The summed E-state index contributed by atoms with van der Waals surface area (Å²) in [6.45, 7) is 7.90. The molecule has 1 heterocycles. The van der Waals surface area contributed by atoms with Gasteiger partial charge in [0.1, 0.15) is 6.04 Å². The SMILES string of the molecule is CC(C)[C@H](N)C(=O)O.Cc1ccc2[nH]c3c(c2c1)CCC/C3=N\[C@@H](C)c1ccccc1. The average Bonchev–Trinajstić information content (AvgIpc) is 3.13. The molecule has 0 saturated carbocycles. The summed E-state index contributed by atoms with van der Waals surface area (Å²) in [5.74, 6) is -0.910. The molecule has 0 bridgehead atoms. The number of carbonyl (C=O) groups is 1. The summed E-state index contributed by atoms with van der Waals surface area (Å²) in [5.41, 5.74) is 12.9. The second-order valence-corrected chi connectivity index (χ2v) is 8.65. The molecule has 2 atom stereocenters. The summed E-state index contributed by atoms with van der Waals surface area (Å²) in [5, 5.41) is 9.60. The highest BCUT2D eigenvalue weighted by molar-refractivity contribution is 6.06. The van der Waals surface area contributed by atoms with Crippen LogP contribution in [0.25, 0.3) is 10.9 Å². The van der Waals surface area contributed by atoms with Gasteiger partial charge in [-0.05, 0) is 62.3 Å². The summed E-state index contributed by atoms with van der Waals surface area (Å²) >= 11 is 0. The molecule has 5 heteroatoms. The molecule has 3 aromatic rings. The molecule has 0 radical (unpaired) electrons.